The Morgan fingerprint density at radius 3 is 2.62 bits per heavy atom. The molecule has 37 heavy (non-hydrogen) atoms. The summed E-state index contributed by atoms with van der Waals surface area (Å²) >= 11 is 0. The number of hydrogen-bond acceptors (Lipinski definition) is 4. The molecule has 0 spiro atoms. The first-order valence-electron chi connectivity index (χ1n) is 11.8. The Morgan fingerprint density at radius 2 is 1.92 bits per heavy atom. The molecule has 3 aromatic rings. The molecule has 194 valence electrons. The van der Waals surface area contributed by atoms with E-state index >= 15 is 0 Å². The van der Waals surface area contributed by atoms with Gasteiger partial charge in [-0.15, -0.1) is 0 Å². The molecule has 7 nitrogen and oxygen atoms in total. The number of H-pyrrole nitrogens is 1. The number of ether oxygens (including phenoxy) is 1. The summed E-state index contributed by atoms with van der Waals surface area (Å²) in [5.74, 6) is -4.15. The molecule has 2 aliphatic heterocycles. The largest absolute Gasteiger partial charge is 0.419 e. The summed E-state index contributed by atoms with van der Waals surface area (Å²) in [7, 11) is 0. The molecule has 2 amide bonds. The summed E-state index contributed by atoms with van der Waals surface area (Å²) in [4.78, 5) is 28.5. The van der Waals surface area contributed by atoms with Crippen LogP contribution in [0.5, 0.6) is 0 Å². The van der Waals surface area contributed by atoms with Gasteiger partial charge in [0.2, 0.25) is 5.91 Å². The van der Waals surface area contributed by atoms with Gasteiger partial charge in [0.15, 0.2) is 0 Å². The van der Waals surface area contributed by atoms with E-state index < -0.39 is 52.8 Å². The molecule has 12 heteroatoms. The molecule has 1 unspecified atom stereocenters. The van der Waals surface area contributed by atoms with Crippen molar-refractivity contribution in [3.8, 4) is 0 Å². The lowest BCUT2D eigenvalue weighted by Crippen LogP contribution is -2.51. The third-order valence-corrected chi connectivity index (χ3v) is 7.51. The van der Waals surface area contributed by atoms with Crippen molar-refractivity contribution in [2.24, 2.45) is 11.8 Å². The van der Waals surface area contributed by atoms with Crippen LogP contribution >= 0.6 is 0 Å². The van der Waals surface area contributed by atoms with Crippen molar-refractivity contribution >= 4 is 22.7 Å². The van der Waals surface area contributed by atoms with E-state index in [4.69, 9.17) is 4.74 Å². The van der Waals surface area contributed by atoms with Crippen molar-refractivity contribution in [1.29, 1.82) is 0 Å². The number of rotatable bonds is 5. The van der Waals surface area contributed by atoms with E-state index in [0.717, 1.165) is 11.8 Å². The van der Waals surface area contributed by atoms with Crippen LogP contribution in [0.15, 0.2) is 36.5 Å². The zero-order chi connectivity index (χ0) is 26.1. The number of fused-ring (bicyclic) bond motifs is 2. The summed E-state index contributed by atoms with van der Waals surface area (Å²) < 4.78 is 73.5. The lowest BCUT2D eigenvalue weighted by Gasteiger charge is -2.36. The van der Waals surface area contributed by atoms with Crippen molar-refractivity contribution in [3.63, 3.8) is 0 Å². The standard InChI is InChI=1S/C25H21F5N4O3/c26-17-7-16(25(28,29)30)18(27)6-15(17)21(13-9-37-10-13)32-23(35)20-5-12-4-19(12)34(20)24(36)14-3-1-2-11-8-31-33-22(11)14/h1-3,6-8,12-13,19-21H,4-5,9-10H2,(H,31,33)(H,32,35)/t12-,19-,20-,21?/m1/s1. The molecule has 0 bridgehead atoms. The van der Waals surface area contributed by atoms with Crippen molar-refractivity contribution < 1.29 is 36.3 Å². The molecule has 6 rings (SSSR count). The number of nitrogens with one attached hydrogen (secondary N) is 2. The number of aromatic nitrogens is 2. The van der Waals surface area contributed by atoms with Crippen LogP contribution in [-0.4, -0.2) is 52.2 Å². The quantitative estimate of drug-likeness (QED) is 0.499. The van der Waals surface area contributed by atoms with E-state index in [1.807, 2.05) is 0 Å². The van der Waals surface area contributed by atoms with Crippen LogP contribution in [0.4, 0.5) is 22.0 Å². The highest BCUT2D eigenvalue weighted by molar-refractivity contribution is 6.07. The SMILES string of the molecule is O=C(NC(c1cc(F)c(C(F)(F)F)cc1F)C1COC1)[C@H]1C[C@H]2C[C@H]2N1C(=O)c1cccc2cn[nH]c12. The minimum atomic E-state index is -5.06. The number of benzene rings is 2. The van der Waals surface area contributed by atoms with Gasteiger partial charge in [-0.1, -0.05) is 12.1 Å². The second-order valence-electron chi connectivity index (χ2n) is 9.80. The van der Waals surface area contributed by atoms with E-state index in [1.165, 1.54) is 4.90 Å². The third kappa shape index (κ3) is 4.03. The number of carbonyl (C=O) groups excluding carboxylic acids is 2. The molecule has 1 saturated carbocycles. The minimum absolute atomic E-state index is 0.106. The van der Waals surface area contributed by atoms with Gasteiger partial charge in [0.05, 0.1) is 42.1 Å². The van der Waals surface area contributed by atoms with E-state index in [2.05, 4.69) is 15.5 Å². The second-order valence-corrected chi connectivity index (χ2v) is 9.80. The van der Waals surface area contributed by atoms with Crippen molar-refractivity contribution in [2.45, 2.75) is 37.1 Å². The van der Waals surface area contributed by atoms with Crippen molar-refractivity contribution in [2.75, 3.05) is 13.2 Å². The molecule has 2 saturated heterocycles. The first-order valence-corrected chi connectivity index (χ1v) is 11.8. The van der Waals surface area contributed by atoms with E-state index in [-0.39, 0.29) is 37.1 Å². The minimum Gasteiger partial charge on any atom is -0.381 e. The maximum absolute atomic E-state index is 14.8. The first-order chi connectivity index (χ1) is 17.6. The van der Waals surface area contributed by atoms with Crippen molar-refractivity contribution in [1.82, 2.24) is 20.4 Å². The van der Waals surface area contributed by atoms with Crippen molar-refractivity contribution in [3.05, 3.63) is 64.9 Å². The Kier molecular flexibility index (Phi) is 5.48. The van der Waals surface area contributed by atoms with Gasteiger partial charge in [0, 0.05) is 22.9 Å². The maximum Gasteiger partial charge on any atom is 0.419 e. The Morgan fingerprint density at radius 1 is 1.14 bits per heavy atom. The molecule has 1 aliphatic carbocycles. The normalized spacial score (nSPS) is 24.0. The molecule has 3 heterocycles. The van der Waals surface area contributed by atoms with Crippen LogP contribution in [0.1, 0.15) is 40.4 Å². The second kappa shape index (κ2) is 8.51. The number of halogens is 5. The predicted octanol–water partition coefficient (Wildman–Crippen LogP) is 3.97. The number of para-hydroxylation sites is 1. The summed E-state index contributed by atoms with van der Waals surface area (Å²) in [6.07, 6.45) is -2.32. The molecule has 2 aromatic carbocycles. The fourth-order valence-electron chi connectivity index (χ4n) is 5.43. The van der Waals surface area contributed by atoms with Gasteiger partial charge in [-0.25, -0.2) is 8.78 Å². The third-order valence-electron chi connectivity index (χ3n) is 7.51. The van der Waals surface area contributed by atoms with Gasteiger partial charge in [0.25, 0.3) is 5.91 Å². The molecule has 3 aliphatic rings. The highest BCUT2D eigenvalue weighted by atomic mass is 19.4. The topological polar surface area (TPSA) is 87.3 Å². The first kappa shape index (κ1) is 23.8. The average molecular weight is 520 g/mol. The molecule has 3 fully saturated rings. The summed E-state index contributed by atoms with van der Waals surface area (Å²) in [5.41, 5.74) is -1.21. The van der Waals surface area contributed by atoms with Gasteiger partial charge in [0.1, 0.15) is 17.7 Å². The van der Waals surface area contributed by atoms with Crippen LogP contribution in [0, 0.1) is 23.5 Å². The number of nitrogens with zero attached hydrogens (tertiary/aromatic N) is 2. The van der Waals surface area contributed by atoms with Crippen LogP contribution in [0.2, 0.25) is 0 Å². The van der Waals surface area contributed by atoms with Gasteiger partial charge in [-0.05, 0) is 37.0 Å². The summed E-state index contributed by atoms with van der Waals surface area (Å²) in [6, 6.07) is 3.64. The zero-order valence-electron chi connectivity index (χ0n) is 19.2. The number of piperidine rings is 1. The predicted molar refractivity (Wildman–Crippen MR) is 119 cm³/mol. The molecule has 1 aromatic heterocycles. The number of likely N-dealkylation sites (tertiary alicyclic amines) is 1. The molecule has 0 radical (unpaired) electrons. The zero-order valence-corrected chi connectivity index (χ0v) is 19.2. The fraction of sp³-hybridized carbons (Fsp3) is 0.400. The molecule has 2 N–H and O–H groups in total. The number of aromatic amines is 1. The number of carbonyl (C=O) groups is 2. The van der Waals surface area contributed by atoms with Gasteiger partial charge in [-0.2, -0.15) is 18.3 Å². The maximum atomic E-state index is 14.8. The highest BCUT2D eigenvalue weighted by Gasteiger charge is 2.56. The van der Waals surface area contributed by atoms with Crippen LogP contribution in [-0.2, 0) is 15.7 Å². The van der Waals surface area contributed by atoms with Crippen LogP contribution in [0.25, 0.3) is 10.9 Å². The van der Waals surface area contributed by atoms with Gasteiger partial charge in [-0.3, -0.25) is 14.7 Å². The Hall–Kier alpha value is -3.54. The van der Waals surface area contributed by atoms with Crippen LogP contribution < -0.4 is 5.32 Å². The lowest BCUT2D eigenvalue weighted by atomic mass is 9.89. The average Bonchev–Trinajstić information content (AvgIpc) is 3.23. The smallest absolute Gasteiger partial charge is 0.381 e. The Bertz CT molecular complexity index is 1400. The van der Waals surface area contributed by atoms with E-state index in [1.54, 1.807) is 24.4 Å². The number of alkyl halides is 3. The highest BCUT2D eigenvalue weighted by Crippen LogP contribution is 2.49. The molecule has 4 atom stereocenters. The van der Waals surface area contributed by atoms with Gasteiger partial charge >= 0.3 is 6.18 Å². The van der Waals surface area contributed by atoms with Gasteiger partial charge < -0.3 is 15.0 Å². The Balaban J connectivity index is 1.29. The van der Waals surface area contributed by atoms with E-state index in [9.17, 15) is 31.5 Å². The van der Waals surface area contributed by atoms with E-state index in [0.29, 0.717) is 23.6 Å². The fourth-order valence-corrected chi connectivity index (χ4v) is 5.43. The lowest BCUT2D eigenvalue weighted by molar-refractivity contribution is -0.140. The Labute approximate surface area is 207 Å². The molecular weight excluding hydrogens is 499 g/mol. The van der Waals surface area contributed by atoms with Crippen LogP contribution in [0.3, 0.4) is 0 Å². The monoisotopic (exact) mass is 520 g/mol. The summed E-state index contributed by atoms with van der Waals surface area (Å²) in [5, 5.41) is 10.2. The summed E-state index contributed by atoms with van der Waals surface area (Å²) in [6.45, 7) is 0.237. The number of amides is 2. The molecular formula is C25H21F5N4O3. The number of hydrogen-bond donors (Lipinski definition) is 2.